The fourth-order valence-corrected chi connectivity index (χ4v) is 2.65. The first kappa shape index (κ1) is 15.7. The molecule has 0 saturated carbocycles. The zero-order chi connectivity index (χ0) is 15.5. The summed E-state index contributed by atoms with van der Waals surface area (Å²) in [5.41, 5.74) is 0.829. The number of pyridine rings is 1. The summed E-state index contributed by atoms with van der Waals surface area (Å²) >= 11 is 0. The van der Waals surface area contributed by atoms with Gasteiger partial charge in [0.15, 0.2) is 11.6 Å². The van der Waals surface area contributed by atoms with Crippen LogP contribution in [0.4, 0.5) is 8.78 Å². The number of hydrogen-bond donors (Lipinski definition) is 0. The molecule has 0 aliphatic rings. The van der Waals surface area contributed by atoms with E-state index in [1.54, 1.807) is 24.5 Å². The molecular weight excluding hydrogens is 324 g/mol. The largest absolute Gasteiger partial charge is 0.489 e. The Bertz CT molecular complexity index is 739. The van der Waals surface area contributed by atoms with Gasteiger partial charge < -0.3 is 4.74 Å². The van der Waals surface area contributed by atoms with Crippen molar-refractivity contribution in [1.29, 1.82) is 0 Å². The number of hydrogen-bond acceptors (Lipinski definition) is 4. The van der Waals surface area contributed by atoms with Gasteiger partial charge in [-0.3, -0.25) is 4.98 Å². The molecule has 0 fully saturated rings. The van der Waals surface area contributed by atoms with E-state index in [9.17, 15) is 17.2 Å². The van der Waals surface area contributed by atoms with Crippen LogP contribution >= 0.6 is 10.7 Å². The lowest BCUT2D eigenvalue weighted by molar-refractivity contribution is 0.295. The van der Waals surface area contributed by atoms with Gasteiger partial charge in [-0.15, -0.1) is 0 Å². The molecule has 21 heavy (non-hydrogen) atoms. The Kier molecular flexibility index (Phi) is 4.74. The average Bonchev–Trinajstić information content (AvgIpc) is 2.41. The fourth-order valence-electron chi connectivity index (χ4n) is 1.67. The van der Waals surface area contributed by atoms with E-state index in [-0.39, 0.29) is 6.61 Å². The van der Waals surface area contributed by atoms with Crippen LogP contribution in [0.25, 0.3) is 0 Å². The lowest BCUT2D eigenvalue weighted by Crippen LogP contribution is -2.07. The van der Waals surface area contributed by atoms with Gasteiger partial charge in [-0.05, 0) is 17.7 Å². The Hall–Kier alpha value is -1.73. The van der Waals surface area contributed by atoms with Crippen molar-refractivity contribution in [3.8, 4) is 5.75 Å². The van der Waals surface area contributed by atoms with Crippen LogP contribution in [-0.4, -0.2) is 20.0 Å². The van der Waals surface area contributed by atoms with Crippen molar-refractivity contribution in [2.45, 2.75) is 11.3 Å². The Balaban J connectivity index is 2.20. The van der Waals surface area contributed by atoms with Gasteiger partial charge in [0.1, 0.15) is 10.7 Å². The predicted molar refractivity (Wildman–Crippen MR) is 72.8 cm³/mol. The second kappa shape index (κ2) is 6.36. The first-order valence-corrected chi connectivity index (χ1v) is 8.14. The van der Waals surface area contributed by atoms with Gasteiger partial charge in [0.05, 0.1) is 6.61 Å². The quantitative estimate of drug-likeness (QED) is 0.789. The molecule has 0 aliphatic heterocycles. The highest BCUT2D eigenvalue weighted by molar-refractivity contribution is 8.13. The molecule has 0 unspecified atom stereocenters. The summed E-state index contributed by atoms with van der Waals surface area (Å²) in [6, 6.07) is 4.66. The summed E-state index contributed by atoms with van der Waals surface area (Å²) in [6.45, 7) is -0.00630. The molecule has 0 spiro atoms. The summed E-state index contributed by atoms with van der Waals surface area (Å²) in [6.07, 6.45) is 3.58. The lowest BCUT2D eigenvalue weighted by Gasteiger charge is -2.10. The van der Waals surface area contributed by atoms with Gasteiger partial charge in [0.25, 0.3) is 9.05 Å². The van der Waals surface area contributed by atoms with E-state index in [0.717, 1.165) is 5.56 Å². The highest BCUT2D eigenvalue weighted by Gasteiger charge is 2.22. The smallest absolute Gasteiger partial charge is 0.265 e. The lowest BCUT2D eigenvalue weighted by atomic mass is 10.2. The standard InChI is InChI=1S/C13H10ClF2NO3S/c14-21(18,19)12-7-10(15)6-11(16)13(12)20-5-3-9-2-1-4-17-8-9/h1-2,4,6-8H,3,5H2. The molecule has 8 heteroatoms. The van der Waals surface area contributed by atoms with Crippen LogP contribution in [0.1, 0.15) is 5.56 Å². The summed E-state index contributed by atoms with van der Waals surface area (Å²) in [5.74, 6) is -2.76. The molecule has 4 nitrogen and oxygen atoms in total. The van der Waals surface area contributed by atoms with Crippen LogP contribution in [0.15, 0.2) is 41.6 Å². The number of rotatable bonds is 5. The van der Waals surface area contributed by atoms with E-state index >= 15 is 0 Å². The Morgan fingerprint density at radius 2 is 2.05 bits per heavy atom. The molecule has 1 aromatic carbocycles. The van der Waals surface area contributed by atoms with Crippen molar-refractivity contribution >= 4 is 19.7 Å². The third kappa shape index (κ3) is 4.12. The van der Waals surface area contributed by atoms with Gasteiger partial charge >= 0.3 is 0 Å². The number of aromatic nitrogens is 1. The average molecular weight is 334 g/mol. The minimum Gasteiger partial charge on any atom is -0.489 e. The van der Waals surface area contributed by atoms with Crippen molar-refractivity contribution < 1.29 is 21.9 Å². The van der Waals surface area contributed by atoms with E-state index in [4.69, 9.17) is 15.4 Å². The van der Waals surface area contributed by atoms with E-state index in [0.29, 0.717) is 18.6 Å². The minimum absolute atomic E-state index is 0.00630. The van der Waals surface area contributed by atoms with Crippen LogP contribution in [-0.2, 0) is 15.5 Å². The molecule has 0 N–H and O–H groups in total. The maximum absolute atomic E-state index is 13.7. The fraction of sp³-hybridized carbons (Fsp3) is 0.154. The summed E-state index contributed by atoms with van der Waals surface area (Å²) in [4.78, 5) is 3.17. The molecule has 0 atom stereocenters. The highest BCUT2D eigenvalue weighted by Crippen LogP contribution is 2.31. The molecule has 1 aromatic heterocycles. The minimum atomic E-state index is -4.32. The van der Waals surface area contributed by atoms with Gasteiger partial charge in [0, 0.05) is 35.6 Å². The Morgan fingerprint density at radius 1 is 1.29 bits per heavy atom. The number of halogens is 3. The monoisotopic (exact) mass is 333 g/mol. The summed E-state index contributed by atoms with van der Waals surface area (Å²) in [5, 5.41) is 0. The van der Waals surface area contributed by atoms with Crippen LogP contribution in [0.5, 0.6) is 5.75 Å². The van der Waals surface area contributed by atoms with Crippen LogP contribution < -0.4 is 4.74 Å². The second-order valence-electron chi connectivity index (χ2n) is 4.11. The van der Waals surface area contributed by atoms with Crippen molar-refractivity contribution in [1.82, 2.24) is 4.98 Å². The second-order valence-corrected chi connectivity index (χ2v) is 6.65. The highest BCUT2D eigenvalue weighted by atomic mass is 35.7. The van der Waals surface area contributed by atoms with Crippen molar-refractivity contribution in [3.63, 3.8) is 0 Å². The van der Waals surface area contributed by atoms with Crippen LogP contribution in [0.3, 0.4) is 0 Å². The number of nitrogens with zero attached hydrogens (tertiary/aromatic N) is 1. The third-order valence-electron chi connectivity index (χ3n) is 2.60. The summed E-state index contributed by atoms with van der Waals surface area (Å²) < 4.78 is 54.6. The predicted octanol–water partition coefficient (Wildman–Crippen LogP) is 2.91. The van der Waals surface area contributed by atoms with E-state index < -0.39 is 31.3 Å². The van der Waals surface area contributed by atoms with Crippen LogP contribution in [0.2, 0.25) is 0 Å². The molecule has 0 amide bonds. The van der Waals surface area contributed by atoms with Crippen molar-refractivity contribution in [2.75, 3.05) is 6.61 Å². The SMILES string of the molecule is O=S(=O)(Cl)c1cc(F)cc(F)c1OCCc1cccnc1. The maximum Gasteiger partial charge on any atom is 0.265 e. The third-order valence-corrected chi connectivity index (χ3v) is 3.92. The molecule has 0 radical (unpaired) electrons. The van der Waals surface area contributed by atoms with E-state index in [1.165, 1.54) is 0 Å². The molecule has 0 bridgehead atoms. The van der Waals surface area contributed by atoms with Gasteiger partial charge in [-0.2, -0.15) is 0 Å². The van der Waals surface area contributed by atoms with E-state index in [2.05, 4.69) is 4.98 Å². The van der Waals surface area contributed by atoms with Gasteiger partial charge in [0.2, 0.25) is 0 Å². The van der Waals surface area contributed by atoms with Gasteiger partial charge in [-0.1, -0.05) is 6.07 Å². The topological polar surface area (TPSA) is 56.3 Å². The normalized spacial score (nSPS) is 11.4. The molecule has 0 saturated heterocycles. The maximum atomic E-state index is 13.7. The first-order valence-electron chi connectivity index (χ1n) is 5.83. The molecule has 112 valence electrons. The first-order chi connectivity index (χ1) is 9.88. The molecule has 2 rings (SSSR count). The molecular formula is C13H10ClF2NO3S. The van der Waals surface area contributed by atoms with E-state index in [1.807, 2.05) is 0 Å². The zero-order valence-electron chi connectivity index (χ0n) is 10.6. The molecule has 0 aliphatic carbocycles. The number of ether oxygens (including phenoxy) is 1. The Labute approximate surface area is 124 Å². The van der Waals surface area contributed by atoms with Gasteiger partial charge in [-0.25, -0.2) is 17.2 Å². The van der Waals surface area contributed by atoms with Crippen molar-refractivity contribution in [3.05, 3.63) is 53.9 Å². The molecule has 1 heterocycles. The summed E-state index contributed by atoms with van der Waals surface area (Å²) in [7, 11) is 0.834. The van der Waals surface area contributed by atoms with Crippen molar-refractivity contribution in [2.24, 2.45) is 0 Å². The molecule has 2 aromatic rings. The Morgan fingerprint density at radius 3 is 2.67 bits per heavy atom. The zero-order valence-corrected chi connectivity index (χ0v) is 12.2. The van der Waals surface area contributed by atoms with Crippen LogP contribution in [0, 0.1) is 11.6 Å². The number of benzene rings is 1.